The van der Waals surface area contributed by atoms with Crippen molar-refractivity contribution in [3.8, 4) is 11.1 Å². The van der Waals surface area contributed by atoms with Gasteiger partial charge in [-0.3, -0.25) is 14.3 Å². The van der Waals surface area contributed by atoms with E-state index in [-0.39, 0.29) is 34.8 Å². The van der Waals surface area contributed by atoms with Crippen molar-refractivity contribution in [2.24, 2.45) is 17.8 Å². The van der Waals surface area contributed by atoms with Crippen molar-refractivity contribution in [2.45, 2.75) is 65.0 Å². The lowest BCUT2D eigenvalue weighted by atomic mass is 9.88. The zero-order valence-corrected chi connectivity index (χ0v) is 22.4. The average molecular weight is 557 g/mol. The molecule has 212 valence electrons. The first-order valence-corrected chi connectivity index (χ1v) is 13.4. The fourth-order valence-electron chi connectivity index (χ4n) is 5.32. The van der Waals surface area contributed by atoms with Gasteiger partial charge in [-0.05, 0) is 81.5 Å². The Hall–Kier alpha value is -3.96. The molecular formula is C28H31F3N6O3. The van der Waals surface area contributed by atoms with Gasteiger partial charge in [0, 0.05) is 24.2 Å². The molecule has 3 aromatic heterocycles. The Morgan fingerprint density at radius 1 is 1.10 bits per heavy atom. The highest BCUT2D eigenvalue weighted by atomic mass is 19.3. The van der Waals surface area contributed by atoms with E-state index < -0.39 is 36.3 Å². The molecule has 3 aromatic rings. The van der Waals surface area contributed by atoms with Crippen LogP contribution in [-0.4, -0.2) is 39.0 Å². The number of carbonyl (C=O) groups is 2. The lowest BCUT2D eigenvalue weighted by Crippen LogP contribution is -2.50. The summed E-state index contributed by atoms with van der Waals surface area (Å²) in [4.78, 5) is 30.8. The number of aryl methyl sites for hydroxylation is 1. The van der Waals surface area contributed by atoms with Gasteiger partial charge in [-0.2, -0.15) is 14.2 Å². The highest BCUT2D eigenvalue weighted by Crippen LogP contribution is 2.51. The van der Waals surface area contributed by atoms with Crippen LogP contribution >= 0.6 is 0 Å². The van der Waals surface area contributed by atoms with Gasteiger partial charge < -0.3 is 15.8 Å². The summed E-state index contributed by atoms with van der Waals surface area (Å²) in [6.07, 6.45) is 3.64. The lowest BCUT2D eigenvalue weighted by molar-refractivity contribution is -0.612. The predicted octanol–water partition coefficient (Wildman–Crippen LogP) is 4.33. The Kier molecular flexibility index (Phi) is 7.52. The molecule has 0 aromatic carbocycles. The fourth-order valence-corrected chi connectivity index (χ4v) is 5.32. The van der Waals surface area contributed by atoms with Crippen molar-refractivity contribution in [3.05, 3.63) is 64.8 Å². The van der Waals surface area contributed by atoms with Crippen LogP contribution in [0.1, 0.15) is 60.4 Å². The van der Waals surface area contributed by atoms with Gasteiger partial charge in [0.1, 0.15) is 23.6 Å². The molecule has 2 amide bonds. The first-order valence-electron chi connectivity index (χ1n) is 13.4. The molecule has 2 fully saturated rings. The van der Waals surface area contributed by atoms with Crippen molar-refractivity contribution >= 4 is 17.6 Å². The van der Waals surface area contributed by atoms with Crippen LogP contribution in [0.5, 0.6) is 0 Å². The summed E-state index contributed by atoms with van der Waals surface area (Å²) in [5.41, 5.74) is 1.39. The zero-order chi connectivity index (χ0) is 28.7. The largest absolute Gasteiger partial charge is 0.618 e. The minimum Gasteiger partial charge on any atom is -0.618 e. The topological polar surface area (TPSA) is 116 Å². The highest BCUT2D eigenvalue weighted by molar-refractivity contribution is 6.00. The minimum absolute atomic E-state index is 0.0486. The van der Waals surface area contributed by atoms with E-state index in [1.165, 1.54) is 37.5 Å². The number of rotatable bonds is 10. The van der Waals surface area contributed by atoms with Crippen LogP contribution in [0.4, 0.5) is 19.0 Å². The average Bonchev–Trinajstić information content (AvgIpc) is 3.85. The summed E-state index contributed by atoms with van der Waals surface area (Å²) in [5, 5.41) is 21.4. The van der Waals surface area contributed by atoms with Gasteiger partial charge in [-0.1, -0.05) is 0 Å². The van der Waals surface area contributed by atoms with Crippen LogP contribution in [0.25, 0.3) is 11.1 Å². The standard InChI is InChI=1S/C28H31F3N6O3/c1-14-12-20(15(2)36(40)13-14)19-8-9-22(33-26(19)31)34-28(39)24(23(17-4-5-17)18-6-7-18)35-27(38)21-10-11-32-37(21)16(3)25(29)30/h8-13,16-18,23-25H,4-7H2,1-3H3,(H,35,38)(H,33,34,39)/t16-,24-/m0/s1. The van der Waals surface area contributed by atoms with Crippen LogP contribution in [0, 0.1) is 42.8 Å². The van der Waals surface area contributed by atoms with Crippen LogP contribution < -0.4 is 15.4 Å². The maximum atomic E-state index is 15.1. The molecule has 0 spiro atoms. The van der Waals surface area contributed by atoms with Crippen molar-refractivity contribution in [2.75, 3.05) is 5.32 Å². The van der Waals surface area contributed by atoms with Gasteiger partial charge in [0.2, 0.25) is 11.9 Å². The minimum atomic E-state index is -2.73. The molecular weight excluding hydrogens is 525 g/mol. The molecule has 2 saturated carbocycles. The van der Waals surface area contributed by atoms with Gasteiger partial charge in [-0.25, -0.2) is 13.8 Å². The Balaban J connectivity index is 1.39. The molecule has 2 aliphatic rings. The molecule has 2 N–H and O–H groups in total. The van der Waals surface area contributed by atoms with Crippen LogP contribution in [-0.2, 0) is 4.79 Å². The SMILES string of the molecule is Cc1cc(-c2ccc(NC(=O)[C@@H](NC(=O)c3ccnn3[C@@H](C)C(F)F)C(C3CC3)C3CC3)nc2F)c(C)[n+]([O-])c1. The first kappa shape index (κ1) is 27.6. The third kappa shape index (κ3) is 5.66. The highest BCUT2D eigenvalue weighted by Gasteiger charge is 2.48. The molecule has 0 aliphatic heterocycles. The Morgan fingerprint density at radius 3 is 2.38 bits per heavy atom. The number of pyridine rings is 2. The molecule has 0 radical (unpaired) electrons. The number of aromatic nitrogens is 4. The van der Waals surface area contributed by atoms with E-state index >= 15 is 4.39 Å². The summed E-state index contributed by atoms with van der Waals surface area (Å²) in [5.74, 6) is -1.79. The second-order valence-corrected chi connectivity index (χ2v) is 10.8. The van der Waals surface area contributed by atoms with E-state index in [1.807, 2.05) is 0 Å². The van der Waals surface area contributed by atoms with Gasteiger partial charge >= 0.3 is 0 Å². The smallest absolute Gasteiger partial charge is 0.270 e. The summed E-state index contributed by atoms with van der Waals surface area (Å²) in [7, 11) is 0. The Labute approximate surface area is 229 Å². The van der Waals surface area contributed by atoms with Crippen LogP contribution in [0.2, 0.25) is 0 Å². The Bertz CT molecular complexity index is 1420. The number of alkyl halides is 2. The van der Waals surface area contributed by atoms with E-state index in [0.717, 1.165) is 30.4 Å². The van der Waals surface area contributed by atoms with Crippen molar-refractivity contribution in [1.82, 2.24) is 20.1 Å². The second kappa shape index (κ2) is 10.9. The number of anilines is 1. The molecule has 2 atom stereocenters. The Morgan fingerprint density at radius 2 is 1.77 bits per heavy atom. The number of hydrogen-bond donors (Lipinski definition) is 2. The van der Waals surface area contributed by atoms with E-state index in [1.54, 1.807) is 19.9 Å². The van der Waals surface area contributed by atoms with E-state index in [0.29, 0.717) is 21.6 Å². The monoisotopic (exact) mass is 556 g/mol. The molecule has 2 aliphatic carbocycles. The molecule has 12 heteroatoms. The number of nitrogens with zero attached hydrogens (tertiary/aromatic N) is 4. The molecule has 0 saturated heterocycles. The second-order valence-electron chi connectivity index (χ2n) is 10.8. The number of halogens is 3. The van der Waals surface area contributed by atoms with Crippen LogP contribution in [0.3, 0.4) is 0 Å². The van der Waals surface area contributed by atoms with Gasteiger partial charge in [-0.15, -0.1) is 0 Å². The van der Waals surface area contributed by atoms with Crippen molar-refractivity contribution in [1.29, 1.82) is 0 Å². The number of hydrogen-bond acceptors (Lipinski definition) is 5. The molecule has 5 rings (SSSR count). The summed E-state index contributed by atoms with van der Waals surface area (Å²) in [6.45, 7) is 4.56. The van der Waals surface area contributed by atoms with E-state index in [2.05, 4.69) is 20.7 Å². The van der Waals surface area contributed by atoms with Crippen LogP contribution in [0.15, 0.2) is 36.7 Å². The normalized spacial score (nSPS) is 16.7. The summed E-state index contributed by atoms with van der Waals surface area (Å²) >= 11 is 0. The summed E-state index contributed by atoms with van der Waals surface area (Å²) < 4.78 is 43.4. The molecule has 0 bridgehead atoms. The molecule has 0 unspecified atom stereocenters. The third-order valence-electron chi connectivity index (χ3n) is 7.74. The number of amides is 2. The van der Waals surface area contributed by atoms with Crippen molar-refractivity contribution in [3.63, 3.8) is 0 Å². The van der Waals surface area contributed by atoms with Crippen molar-refractivity contribution < 1.29 is 27.5 Å². The predicted molar refractivity (Wildman–Crippen MR) is 140 cm³/mol. The van der Waals surface area contributed by atoms with Gasteiger partial charge in [0.25, 0.3) is 12.3 Å². The first-order chi connectivity index (χ1) is 19.0. The number of nitrogens with one attached hydrogen (secondary N) is 2. The quantitative estimate of drug-likeness (QED) is 0.219. The third-order valence-corrected chi connectivity index (χ3v) is 7.74. The maximum absolute atomic E-state index is 15.1. The van der Waals surface area contributed by atoms with Gasteiger partial charge in [0.15, 0.2) is 11.9 Å². The fraction of sp³-hybridized carbons (Fsp3) is 0.464. The molecule has 9 nitrogen and oxygen atoms in total. The zero-order valence-electron chi connectivity index (χ0n) is 22.4. The van der Waals surface area contributed by atoms with E-state index in [9.17, 15) is 23.6 Å². The molecule has 3 heterocycles. The molecule has 40 heavy (non-hydrogen) atoms. The van der Waals surface area contributed by atoms with Gasteiger partial charge in [0.05, 0.1) is 5.56 Å². The van der Waals surface area contributed by atoms with E-state index in [4.69, 9.17) is 0 Å². The summed E-state index contributed by atoms with van der Waals surface area (Å²) in [6, 6.07) is 3.60. The lowest BCUT2D eigenvalue weighted by Gasteiger charge is -2.27. The number of carbonyl (C=O) groups excluding carboxylic acids is 2. The maximum Gasteiger partial charge on any atom is 0.270 e.